The fourth-order valence-corrected chi connectivity index (χ4v) is 1.82. The van der Waals surface area contributed by atoms with Crippen molar-refractivity contribution in [2.24, 2.45) is 5.41 Å². The number of carbonyl (C=O) groups excluding carboxylic acids is 2. The van der Waals surface area contributed by atoms with Crippen molar-refractivity contribution in [3.63, 3.8) is 0 Å². The van der Waals surface area contributed by atoms with Crippen molar-refractivity contribution in [1.29, 1.82) is 0 Å². The molecule has 0 aromatic heterocycles. The number of hydrogen-bond donors (Lipinski definition) is 1. The van der Waals surface area contributed by atoms with Gasteiger partial charge >= 0.3 is 17.9 Å². The molecule has 0 aliphatic carbocycles. The molecule has 1 aliphatic heterocycles. The molecule has 0 aromatic rings. The summed E-state index contributed by atoms with van der Waals surface area (Å²) < 4.78 is 15.6. The van der Waals surface area contributed by atoms with Crippen LogP contribution in [0.25, 0.3) is 0 Å². The van der Waals surface area contributed by atoms with Crippen molar-refractivity contribution in [2.45, 2.75) is 46.0 Å². The van der Waals surface area contributed by atoms with Crippen LogP contribution in [0.4, 0.5) is 0 Å². The Kier molecular flexibility index (Phi) is 5.48. The highest BCUT2D eigenvalue weighted by Crippen LogP contribution is 2.30. The van der Waals surface area contributed by atoms with E-state index in [1.807, 2.05) is 0 Å². The monoisotopic (exact) mass is 300 g/mol. The van der Waals surface area contributed by atoms with Crippen molar-refractivity contribution < 1.29 is 33.7 Å². The summed E-state index contributed by atoms with van der Waals surface area (Å²) in [4.78, 5) is 33.2. The van der Waals surface area contributed by atoms with Gasteiger partial charge in [0.2, 0.25) is 0 Å². The van der Waals surface area contributed by atoms with Crippen LogP contribution in [0, 0.1) is 5.41 Å². The Labute approximate surface area is 122 Å². The number of hydrogen-bond acceptors (Lipinski definition) is 6. The molecule has 0 saturated heterocycles. The van der Waals surface area contributed by atoms with Crippen LogP contribution in [0.15, 0.2) is 12.2 Å². The zero-order valence-corrected chi connectivity index (χ0v) is 12.5. The number of ether oxygens (including phenoxy) is 3. The van der Waals surface area contributed by atoms with Crippen molar-refractivity contribution in [3.8, 4) is 0 Å². The number of carbonyl (C=O) groups is 3. The van der Waals surface area contributed by atoms with Gasteiger partial charge in [0.05, 0.1) is 11.5 Å². The van der Waals surface area contributed by atoms with E-state index in [4.69, 9.17) is 14.2 Å². The van der Waals surface area contributed by atoms with Gasteiger partial charge in [0, 0.05) is 13.8 Å². The van der Waals surface area contributed by atoms with Crippen molar-refractivity contribution in [1.82, 2.24) is 0 Å². The summed E-state index contributed by atoms with van der Waals surface area (Å²) in [7, 11) is 0. The normalized spacial score (nSPS) is 25.2. The zero-order valence-electron chi connectivity index (χ0n) is 12.5. The predicted molar refractivity (Wildman–Crippen MR) is 71.4 cm³/mol. The van der Waals surface area contributed by atoms with Crippen LogP contribution in [-0.2, 0) is 28.6 Å². The van der Waals surface area contributed by atoms with E-state index in [1.54, 1.807) is 12.2 Å². The van der Waals surface area contributed by atoms with Crippen LogP contribution in [0.2, 0.25) is 0 Å². The van der Waals surface area contributed by atoms with Gasteiger partial charge in [0.1, 0.15) is 18.8 Å². The molecule has 1 rings (SSSR count). The molecule has 1 aliphatic rings. The molecule has 0 radical (unpaired) electrons. The van der Waals surface area contributed by atoms with Gasteiger partial charge in [-0.3, -0.25) is 14.4 Å². The second-order valence-electron chi connectivity index (χ2n) is 5.38. The van der Waals surface area contributed by atoms with Crippen LogP contribution < -0.4 is 0 Å². The van der Waals surface area contributed by atoms with Crippen molar-refractivity contribution >= 4 is 17.9 Å². The maximum absolute atomic E-state index is 11.3. The second kappa shape index (κ2) is 6.71. The lowest BCUT2D eigenvalue weighted by atomic mass is 9.84. The van der Waals surface area contributed by atoms with Crippen LogP contribution in [0.1, 0.15) is 27.7 Å². The van der Waals surface area contributed by atoms with E-state index < -0.39 is 41.6 Å². The Morgan fingerprint density at radius 1 is 1.19 bits per heavy atom. The molecular formula is C14H20O7. The molecule has 7 nitrogen and oxygen atoms in total. The smallest absolute Gasteiger partial charge is 0.312 e. The van der Waals surface area contributed by atoms with E-state index in [0.717, 1.165) is 0 Å². The van der Waals surface area contributed by atoms with Crippen molar-refractivity contribution in [2.75, 3.05) is 6.61 Å². The van der Waals surface area contributed by atoms with Crippen LogP contribution in [0.5, 0.6) is 0 Å². The SMILES string of the molecule is CC(=O)OC[C@H]1OC(C(C)(C)C(=O)O)C=C[C@@H]1OC(C)=O. The first-order chi connectivity index (χ1) is 9.64. The molecule has 0 spiro atoms. The average Bonchev–Trinajstić information content (AvgIpc) is 2.36. The Bertz CT molecular complexity index is 452. The Morgan fingerprint density at radius 3 is 2.29 bits per heavy atom. The van der Waals surface area contributed by atoms with Crippen LogP contribution in [0.3, 0.4) is 0 Å². The van der Waals surface area contributed by atoms with Gasteiger partial charge in [-0.1, -0.05) is 6.08 Å². The highest BCUT2D eigenvalue weighted by Gasteiger charge is 2.42. The summed E-state index contributed by atoms with van der Waals surface area (Å²) in [6, 6.07) is 0. The lowest BCUT2D eigenvalue weighted by molar-refractivity contribution is -0.177. The summed E-state index contributed by atoms with van der Waals surface area (Å²) in [5.41, 5.74) is -1.16. The standard InChI is InChI=1S/C14H20O7/c1-8(15)19-7-11-10(20-9(2)16)5-6-12(21-11)14(3,4)13(17)18/h5-6,10-12H,7H2,1-4H3,(H,17,18)/t10-,11+,12?/m0/s1. The molecule has 0 saturated carbocycles. The number of esters is 2. The first kappa shape index (κ1) is 17.2. The summed E-state index contributed by atoms with van der Waals surface area (Å²) in [6.07, 6.45) is 0.928. The van der Waals surface area contributed by atoms with E-state index in [0.29, 0.717) is 0 Å². The van der Waals surface area contributed by atoms with Crippen LogP contribution >= 0.6 is 0 Å². The highest BCUT2D eigenvalue weighted by molar-refractivity contribution is 5.75. The van der Waals surface area contributed by atoms with Gasteiger partial charge in [-0.15, -0.1) is 0 Å². The minimum atomic E-state index is -1.16. The molecule has 21 heavy (non-hydrogen) atoms. The predicted octanol–water partition coefficient (Wildman–Crippen LogP) is 0.916. The Balaban J connectivity index is 2.89. The highest BCUT2D eigenvalue weighted by atomic mass is 16.6. The first-order valence-electron chi connectivity index (χ1n) is 6.52. The molecule has 0 amide bonds. The largest absolute Gasteiger partial charge is 0.481 e. The second-order valence-corrected chi connectivity index (χ2v) is 5.38. The number of rotatable bonds is 5. The van der Waals surface area contributed by atoms with Gasteiger partial charge in [-0.2, -0.15) is 0 Å². The topological polar surface area (TPSA) is 99.1 Å². The molecule has 3 atom stereocenters. The van der Waals surface area contributed by atoms with E-state index in [9.17, 15) is 19.5 Å². The van der Waals surface area contributed by atoms with E-state index >= 15 is 0 Å². The maximum atomic E-state index is 11.3. The van der Waals surface area contributed by atoms with Crippen molar-refractivity contribution in [3.05, 3.63) is 12.2 Å². The zero-order chi connectivity index (χ0) is 16.2. The van der Waals surface area contributed by atoms with Gasteiger partial charge in [-0.05, 0) is 19.9 Å². The lowest BCUT2D eigenvalue weighted by Crippen LogP contribution is -2.48. The summed E-state index contributed by atoms with van der Waals surface area (Å²) in [5, 5.41) is 9.22. The number of carboxylic acid groups (broad SMARTS) is 1. The molecule has 1 heterocycles. The molecule has 0 aromatic carbocycles. The average molecular weight is 300 g/mol. The van der Waals surface area contributed by atoms with Gasteiger partial charge in [-0.25, -0.2) is 0 Å². The summed E-state index contributed by atoms with van der Waals surface area (Å²) in [6.45, 7) is 5.44. The van der Waals surface area contributed by atoms with E-state index in [-0.39, 0.29) is 6.61 Å². The third-order valence-corrected chi connectivity index (χ3v) is 3.18. The number of carboxylic acids is 1. The Morgan fingerprint density at radius 2 is 1.81 bits per heavy atom. The minimum Gasteiger partial charge on any atom is -0.481 e. The molecule has 7 heteroatoms. The first-order valence-corrected chi connectivity index (χ1v) is 6.52. The maximum Gasteiger partial charge on any atom is 0.312 e. The number of aliphatic carboxylic acids is 1. The molecule has 0 fully saturated rings. The fourth-order valence-electron chi connectivity index (χ4n) is 1.82. The quantitative estimate of drug-likeness (QED) is 0.595. The molecule has 1 unspecified atom stereocenters. The summed E-state index contributed by atoms with van der Waals surface area (Å²) in [5.74, 6) is -2.02. The molecule has 1 N–H and O–H groups in total. The molecule has 0 bridgehead atoms. The van der Waals surface area contributed by atoms with Gasteiger partial charge < -0.3 is 19.3 Å². The van der Waals surface area contributed by atoms with Crippen LogP contribution in [-0.4, -0.2) is 47.9 Å². The lowest BCUT2D eigenvalue weighted by Gasteiger charge is -2.37. The molecular weight excluding hydrogens is 280 g/mol. The fraction of sp³-hybridized carbons (Fsp3) is 0.643. The van der Waals surface area contributed by atoms with Gasteiger partial charge in [0.25, 0.3) is 0 Å². The van der Waals surface area contributed by atoms with Gasteiger partial charge in [0.15, 0.2) is 0 Å². The minimum absolute atomic E-state index is 0.121. The van der Waals surface area contributed by atoms with E-state index in [2.05, 4.69) is 0 Å². The third-order valence-electron chi connectivity index (χ3n) is 3.18. The molecule has 118 valence electrons. The third kappa shape index (κ3) is 4.56. The Hall–Kier alpha value is -1.89. The van der Waals surface area contributed by atoms with E-state index in [1.165, 1.54) is 27.7 Å². The summed E-state index contributed by atoms with van der Waals surface area (Å²) >= 11 is 0.